The van der Waals surface area contributed by atoms with Gasteiger partial charge in [0.1, 0.15) is 0 Å². The Morgan fingerprint density at radius 2 is 1.90 bits per heavy atom. The topological polar surface area (TPSA) is 86.2 Å². The van der Waals surface area contributed by atoms with E-state index in [1.807, 2.05) is 32.0 Å². The van der Waals surface area contributed by atoms with Crippen molar-refractivity contribution in [2.45, 2.75) is 27.2 Å². The van der Waals surface area contributed by atoms with Gasteiger partial charge < -0.3 is 14.2 Å². The minimum Gasteiger partial charge on any atom is -0.493 e. The lowest BCUT2D eigenvalue weighted by molar-refractivity contribution is -0.145. The Morgan fingerprint density at radius 3 is 2.59 bits per heavy atom. The third kappa shape index (κ3) is 6.95. The Bertz CT molecular complexity index is 893. The van der Waals surface area contributed by atoms with Crippen molar-refractivity contribution in [2.24, 2.45) is 5.10 Å². The minimum atomic E-state index is -0.452. The number of ether oxygens (including phenoxy) is 3. The Hall–Kier alpha value is -3.35. The molecule has 154 valence electrons. The van der Waals surface area contributed by atoms with E-state index >= 15 is 0 Å². The van der Waals surface area contributed by atoms with Gasteiger partial charge in [0.05, 0.1) is 26.4 Å². The standard InChI is InChI=1S/C22H26N2O5/c1-5-28-22(26)14-29-19-9-7-17(11-20(19)27-4)13-23-24-21(25)12-18-8-6-15(2)10-16(18)3/h6-11,13H,5,12,14H2,1-4H3,(H,24,25)/b23-13+. The van der Waals surface area contributed by atoms with Crippen molar-refractivity contribution in [2.75, 3.05) is 20.3 Å². The summed E-state index contributed by atoms with van der Waals surface area (Å²) < 4.78 is 15.5. The molecular weight excluding hydrogens is 372 g/mol. The molecular formula is C22H26N2O5. The number of aryl methyl sites for hydroxylation is 2. The lowest BCUT2D eigenvalue weighted by Gasteiger charge is -2.10. The van der Waals surface area contributed by atoms with Gasteiger partial charge in [-0.2, -0.15) is 5.10 Å². The molecule has 0 radical (unpaired) electrons. The molecule has 2 rings (SSSR count). The van der Waals surface area contributed by atoms with Gasteiger partial charge >= 0.3 is 5.97 Å². The fraction of sp³-hybridized carbons (Fsp3) is 0.318. The van der Waals surface area contributed by atoms with E-state index in [1.165, 1.54) is 13.3 Å². The van der Waals surface area contributed by atoms with Gasteiger partial charge in [-0.25, -0.2) is 10.2 Å². The minimum absolute atomic E-state index is 0.199. The van der Waals surface area contributed by atoms with Crippen LogP contribution >= 0.6 is 0 Å². The molecule has 0 unspecified atom stereocenters. The summed E-state index contributed by atoms with van der Waals surface area (Å²) in [5, 5.41) is 3.99. The zero-order valence-electron chi connectivity index (χ0n) is 17.2. The number of hydrogen-bond donors (Lipinski definition) is 1. The summed E-state index contributed by atoms with van der Waals surface area (Å²) in [6.45, 7) is 5.82. The lowest BCUT2D eigenvalue weighted by atomic mass is 10.0. The van der Waals surface area contributed by atoms with Crippen LogP contribution in [0.25, 0.3) is 0 Å². The van der Waals surface area contributed by atoms with Gasteiger partial charge in [-0.3, -0.25) is 4.79 Å². The third-order valence-electron chi connectivity index (χ3n) is 4.09. The van der Waals surface area contributed by atoms with Crippen LogP contribution in [0.15, 0.2) is 41.5 Å². The molecule has 0 saturated heterocycles. The summed E-state index contributed by atoms with van der Waals surface area (Å²) in [7, 11) is 1.50. The molecule has 2 aromatic rings. The highest BCUT2D eigenvalue weighted by Crippen LogP contribution is 2.27. The Balaban J connectivity index is 1.94. The van der Waals surface area contributed by atoms with Gasteiger partial charge in [0.25, 0.3) is 0 Å². The van der Waals surface area contributed by atoms with E-state index in [-0.39, 0.29) is 18.9 Å². The van der Waals surface area contributed by atoms with Gasteiger partial charge in [-0.1, -0.05) is 23.8 Å². The highest BCUT2D eigenvalue weighted by molar-refractivity contribution is 5.84. The maximum absolute atomic E-state index is 12.1. The molecule has 0 aliphatic carbocycles. The summed E-state index contributed by atoms with van der Waals surface area (Å²) in [4.78, 5) is 23.5. The van der Waals surface area contributed by atoms with E-state index in [2.05, 4.69) is 10.5 Å². The number of carbonyl (C=O) groups is 2. The zero-order chi connectivity index (χ0) is 21.2. The molecule has 2 aromatic carbocycles. The van der Waals surface area contributed by atoms with Gasteiger partial charge in [0.2, 0.25) is 5.91 Å². The van der Waals surface area contributed by atoms with Crippen molar-refractivity contribution in [3.63, 3.8) is 0 Å². The van der Waals surface area contributed by atoms with Crippen LogP contribution in [0.4, 0.5) is 0 Å². The average Bonchev–Trinajstić information content (AvgIpc) is 2.69. The number of nitrogens with zero attached hydrogens (tertiary/aromatic N) is 1. The molecule has 0 heterocycles. The van der Waals surface area contributed by atoms with Crippen LogP contribution in [0, 0.1) is 13.8 Å². The molecule has 0 fully saturated rings. The summed E-state index contributed by atoms with van der Waals surface area (Å²) >= 11 is 0. The van der Waals surface area contributed by atoms with E-state index in [0.29, 0.717) is 23.7 Å². The van der Waals surface area contributed by atoms with Gasteiger partial charge in [0.15, 0.2) is 18.1 Å². The van der Waals surface area contributed by atoms with Crippen LogP contribution in [0.5, 0.6) is 11.5 Å². The maximum Gasteiger partial charge on any atom is 0.344 e. The van der Waals surface area contributed by atoms with Gasteiger partial charge in [0, 0.05) is 0 Å². The first-order chi connectivity index (χ1) is 13.9. The molecule has 0 aliphatic rings. The second kappa shape index (κ2) is 10.8. The quantitative estimate of drug-likeness (QED) is 0.399. The second-order valence-corrected chi connectivity index (χ2v) is 6.40. The third-order valence-corrected chi connectivity index (χ3v) is 4.09. The normalized spacial score (nSPS) is 10.6. The van der Waals surface area contributed by atoms with Crippen molar-refractivity contribution in [3.05, 3.63) is 58.7 Å². The number of benzene rings is 2. The Labute approximate surface area is 170 Å². The van der Waals surface area contributed by atoms with Crippen molar-refractivity contribution in [1.82, 2.24) is 5.43 Å². The molecule has 1 amide bonds. The van der Waals surface area contributed by atoms with Crippen molar-refractivity contribution >= 4 is 18.1 Å². The molecule has 0 bridgehead atoms. The van der Waals surface area contributed by atoms with Crippen LogP contribution in [-0.4, -0.2) is 38.4 Å². The first-order valence-corrected chi connectivity index (χ1v) is 9.27. The number of carbonyl (C=O) groups excluding carboxylic acids is 2. The van der Waals surface area contributed by atoms with Crippen LogP contribution in [0.3, 0.4) is 0 Å². The van der Waals surface area contributed by atoms with E-state index in [0.717, 1.165) is 16.7 Å². The molecule has 7 nitrogen and oxygen atoms in total. The average molecular weight is 398 g/mol. The molecule has 7 heteroatoms. The smallest absolute Gasteiger partial charge is 0.344 e. The van der Waals surface area contributed by atoms with Gasteiger partial charge in [-0.05, 0) is 55.7 Å². The number of nitrogens with one attached hydrogen (secondary N) is 1. The Kier molecular flexibility index (Phi) is 8.21. The SMILES string of the molecule is CCOC(=O)COc1ccc(/C=N/NC(=O)Cc2ccc(C)cc2C)cc1OC. The predicted octanol–water partition coefficient (Wildman–Crippen LogP) is 2.95. The first-order valence-electron chi connectivity index (χ1n) is 9.27. The highest BCUT2D eigenvalue weighted by Gasteiger charge is 2.09. The monoisotopic (exact) mass is 398 g/mol. The van der Waals surface area contributed by atoms with Gasteiger partial charge in [-0.15, -0.1) is 0 Å². The van der Waals surface area contributed by atoms with E-state index < -0.39 is 5.97 Å². The lowest BCUT2D eigenvalue weighted by Crippen LogP contribution is -2.20. The number of esters is 1. The molecule has 0 aromatic heterocycles. The number of amides is 1. The van der Waals surface area contributed by atoms with Crippen LogP contribution in [0.1, 0.15) is 29.2 Å². The van der Waals surface area contributed by atoms with E-state index in [9.17, 15) is 9.59 Å². The summed E-state index contributed by atoms with van der Waals surface area (Å²) in [5.74, 6) is 0.206. The largest absolute Gasteiger partial charge is 0.493 e. The number of methoxy groups -OCH3 is 1. The fourth-order valence-corrected chi connectivity index (χ4v) is 2.66. The van der Waals surface area contributed by atoms with Crippen molar-refractivity contribution < 1.29 is 23.8 Å². The molecule has 1 N–H and O–H groups in total. The van der Waals surface area contributed by atoms with Crippen molar-refractivity contribution in [1.29, 1.82) is 0 Å². The molecule has 0 aliphatic heterocycles. The van der Waals surface area contributed by atoms with Crippen LogP contribution in [-0.2, 0) is 20.7 Å². The maximum atomic E-state index is 12.1. The van der Waals surface area contributed by atoms with Crippen LogP contribution in [0.2, 0.25) is 0 Å². The second-order valence-electron chi connectivity index (χ2n) is 6.40. The number of hydrogen-bond acceptors (Lipinski definition) is 6. The fourth-order valence-electron chi connectivity index (χ4n) is 2.66. The highest BCUT2D eigenvalue weighted by atomic mass is 16.6. The van der Waals surface area contributed by atoms with Crippen molar-refractivity contribution in [3.8, 4) is 11.5 Å². The molecule has 0 atom stereocenters. The molecule has 29 heavy (non-hydrogen) atoms. The summed E-state index contributed by atoms with van der Waals surface area (Å²) in [6, 6.07) is 11.1. The number of hydrazone groups is 1. The molecule has 0 saturated carbocycles. The first kappa shape index (κ1) is 21.9. The van der Waals surface area contributed by atoms with E-state index in [1.54, 1.807) is 25.1 Å². The predicted molar refractivity (Wildman–Crippen MR) is 110 cm³/mol. The van der Waals surface area contributed by atoms with E-state index in [4.69, 9.17) is 14.2 Å². The number of rotatable bonds is 9. The Morgan fingerprint density at radius 1 is 1.10 bits per heavy atom. The molecule has 0 spiro atoms. The zero-order valence-corrected chi connectivity index (χ0v) is 17.2. The summed E-state index contributed by atoms with van der Waals surface area (Å²) in [5.41, 5.74) is 6.43. The van der Waals surface area contributed by atoms with Crippen LogP contribution < -0.4 is 14.9 Å². The summed E-state index contributed by atoms with van der Waals surface area (Å²) in [6.07, 6.45) is 1.77.